The van der Waals surface area contributed by atoms with Crippen molar-refractivity contribution < 1.29 is 8.78 Å². The van der Waals surface area contributed by atoms with Crippen molar-refractivity contribution >= 4 is 0 Å². The standard InChI is InChI=1S/C13H18F2N2/c1-17-6-2-3-9(8-16)13(17)11-7-10(14)4-5-12(11)15/h4-5,7,9,13H,2-3,6,8,16H2,1H3. The van der Waals surface area contributed by atoms with Crippen molar-refractivity contribution in [2.45, 2.75) is 18.9 Å². The molecule has 0 aromatic heterocycles. The third kappa shape index (κ3) is 2.48. The van der Waals surface area contributed by atoms with Crippen molar-refractivity contribution in [3.05, 3.63) is 35.4 Å². The van der Waals surface area contributed by atoms with Crippen molar-refractivity contribution in [3.8, 4) is 0 Å². The van der Waals surface area contributed by atoms with Gasteiger partial charge in [0.05, 0.1) is 0 Å². The van der Waals surface area contributed by atoms with E-state index >= 15 is 0 Å². The number of nitrogens with zero attached hydrogens (tertiary/aromatic N) is 1. The molecular weight excluding hydrogens is 222 g/mol. The van der Waals surface area contributed by atoms with Gasteiger partial charge in [-0.15, -0.1) is 0 Å². The second-order valence-electron chi connectivity index (χ2n) is 4.73. The Morgan fingerprint density at radius 2 is 2.18 bits per heavy atom. The predicted octanol–water partition coefficient (Wildman–Crippen LogP) is 2.31. The number of piperidine rings is 1. The lowest BCUT2D eigenvalue weighted by atomic mass is 9.85. The van der Waals surface area contributed by atoms with Gasteiger partial charge in [0.15, 0.2) is 0 Å². The van der Waals surface area contributed by atoms with Gasteiger partial charge in [-0.1, -0.05) is 0 Å². The van der Waals surface area contributed by atoms with Crippen LogP contribution in [0.4, 0.5) is 8.78 Å². The van der Waals surface area contributed by atoms with E-state index in [0.717, 1.165) is 25.5 Å². The summed E-state index contributed by atoms with van der Waals surface area (Å²) in [4.78, 5) is 2.07. The van der Waals surface area contributed by atoms with Crippen LogP contribution in [0.5, 0.6) is 0 Å². The number of benzene rings is 1. The van der Waals surface area contributed by atoms with Crippen LogP contribution in [0.1, 0.15) is 24.4 Å². The molecule has 94 valence electrons. The average Bonchev–Trinajstić information content (AvgIpc) is 2.32. The molecular formula is C13H18F2N2. The minimum absolute atomic E-state index is 0.107. The number of likely N-dealkylation sites (tertiary alicyclic amines) is 1. The van der Waals surface area contributed by atoms with Crippen LogP contribution in [0.25, 0.3) is 0 Å². The Balaban J connectivity index is 2.37. The predicted molar refractivity (Wildman–Crippen MR) is 63.5 cm³/mol. The molecule has 2 atom stereocenters. The molecule has 1 aliphatic rings. The molecule has 2 unspecified atom stereocenters. The number of hydrogen-bond donors (Lipinski definition) is 1. The highest BCUT2D eigenvalue weighted by molar-refractivity contribution is 5.23. The molecule has 0 amide bonds. The Bertz CT molecular complexity index is 395. The third-order valence-corrected chi connectivity index (χ3v) is 3.59. The molecule has 1 heterocycles. The lowest BCUT2D eigenvalue weighted by molar-refractivity contribution is 0.122. The van der Waals surface area contributed by atoms with E-state index in [2.05, 4.69) is 4.90 Å². The highest BCUT2D eigenvalue weighted by Gasteiger charge is 2.31. The molecule has 1 saturated heterocycles. The van der Waals surface area contributed by atoms with Crippen LogP contribution in [0.3, 0.4) is 0 Å². The lowest BCUT2D eigenvalue weighted by Crippen LogP contribution is -2.39. The van der Waals surface area contributed by atoms with Gasteiger partial charge in [-0.25, -0.2) is 8.78 Å². The van der Waals surface area contributed by atoms with Crippen LogP contribution in [0.2, 0.25) is 0 Å². The molecule has 1 aliphatic heterocycles. The molecule has 2 N–H and O–H groups in total. The van der Waals surface area contributed by atoms with E-state index in [1.54, 1.807) is 0 Å². The summed E-state index contributed by atoms with van der Waals surface area (Å²) in [5.74, 6) is -0.537. The molecule has 2 nitrogen and oxygen atoms in total. The second-order valence-corrected chi connectivity index (χ2v) is 4.73. The van der Waals surface area contributed by atoms with E-state index in [1.165, 1.54) is 12.1 Å². The highest BCUT2D eigenvalue weighted by atomic mass is 19.1. The molecule has 4 heteroatoms. The maximum atomic E-state index is 13.8. The zero-order valence-electron chi connectivity index (χ0n) is 10.00. The number of halogens is 2. The van der Waals surface area contributed by atoms with Crippen molar-refractivity contribution in [2.24, 2.45) is 11.7 Å². The topological polar surface area (TPSA) is 29.3 Å². The fourth-order valence-corrected chi connectivity index (χ4v) is 2.74. The smallest absolute Gasteiger partial charge is 0.128 e. The van der Waals surface area contributed by atoms with Gasteiger partial charge in [-0.3, -0.25) is 4.90 Å². The Hall–Kier alpha value is -1.00. The first-order valence-corrected chi connectivity index (χ1v) is 5.98. The van der Waals surface area contributed by atoms with E-state index in [1.807, 2.05) is 7.05 Å². The first kappa shape index (κ1) is 12.5. The number of rotatable bonds is 2. The summed E-state index contributed by atoms with van der Waals surface area (Å²) >= 11 is 0. The van der Waals surface area contributed by atoms with Crippen LogP contribution in [-0.4, -0.2) is 25.0 Å². The van der Waals surface area contributed by atoms with E-state index in [9.17, 15) is 8.78 Å². The first-order valence-electron chi connectivity index (χ1n) is 5.98. The maximum Gasteiger partial charge on any atom is 0.128 e. The molecule has 1 fully saturated rings. The van der Waals surface area contributed by atoms with Crippen LogP contribution in [-0.2, 0) is 0 Å². The van der Waals surface area contributed by atoms with E-state index in [-0.39, 0.29) is 17.8 Å². The zero-order valence-corrected chi connectivity index (χ0v) is 10.00. The largest absolute Gasteiger partial charge is 0.330 e. The van der Waals surface area contributed by atoms with Gasteiger partial charge in [-0.05, 0) is 57.1 Å². The van der Waals surface area contributed by atoms with Crippen LogP contribution in [0.15, 0.2) is 18.2 Å². The Morgan fingerprint density at radius 3 is 2.88 bits per heavy atom. The number of nitrogens with two attached hydrogens (primary N) is 1. The summed E-state index contributed by atoms with van der Waals surface area (Å²) < 4.78 is 27.0. The van der Waals surface area contributed by atoms with Crippen molar-refractivity contribution in [2.75, 3.05) is 20.1 Å². The van der Waals surface area contributed by atoms with Crippen LogP contribution >= 0.6 is 0 Å². The lowest BCUT2D eigenvalue weighted by Gasteiger charge is -2.39. The third-order valence-electron chi connectivity index (χ3n) is 3.59. The van der Waals surface area contributed by atoms with Crippen molar-refractivity contribution in [1.29, 1.82) is 0 Å². The van der Waals surface area contributed by atoms with Gasteiger partial charge in [0.2, 0.25) is 0 Å². The second kappa shape index (κ2) is 5.10. The van der Waals surface area contributed by atoms with Gasteiger partial charge in [-0.2, -0.15) is 0 Å². The fraction of sp³-hybridized carbons (Fsp3) is 0.538. The van der Waals surface area contributed by atoms with Gasteiger partial charge >= 0.3 is 0 Å². The minimum Gasteiger partial charge on any atom is -0.330 e. The minimum atomic E-state index is -0.392. The molecule has 0 radical (unpaired) electrons. The Kier molecular flexibility index (Phi) is 3.74. The summed E-state index contributed by atoms with van der Waals surface area (Å²) in [6.45, 7) is 1.40. The van der Waals surface area contributed by atoms with E-state index in [0.29, 0.717) is 12.1 Å². The van der Waals surface area contributed by atoms with Crippen molar-refractivity contribution in [1.82, 2.24) is 4.90 Å². The summed E-state index contributed by atoms with van der Waals surface area (Å²) in [5.41, 5.74) is 6.17. The normalized spacial score (nSPS) is 26.1. The zero-order chi connectivity index (χ0) is 12.4. The summed E-state index contributed by atoms with van der Waals surface area (Å²) in [6, 6.07) is 3.54. The Morgan fingerprint density at radius 1 is 1.41 bits per heavy atom. The molecule has 0 aliphatic carbocycles. The maximum absolute atomic E-state index is 13.8. The van der Waals surface area contributed by atoms with Gasteiger partial charge < -0.3 is 5.73 Å². The Labute approximate surface area is 100 Å². The molecule has 1 aromatic carbocycles. The summed E-state index contributed by atoms with van der Waals surface area (Å²) in [5, 5.41) is 0. The quantitative estimate of drug-likeness (QED) is 0.859. The van der Waals surface area contributed by atoms with Gasteiger partial charge in [0, 0.05) is 11.6 Å². The molecule has 1 aromatic rings. The monoisotopic (exact) mass is 240 g/mol. The SMILES string of the molecule is CN1CCCC(CN)C1c1cc(F)ccc1F. The molecule has 2 rings (SSSR count). The van der Waals surface area contributed by atoms with Crippen molar-refractivity contribution in [3.63, 3.8) is 0 Å². The highest BCUT2D eigenvalue weighted by Crippen LogP contribution is 2.35. The average molecular weight is 240 g/mol. The summed E-state index contributed by atoms with van der Waals surface area (Å²) in [7, 11) is 1.94. The van der Waals surface area contributed by atoms with E-state index in [4.69, 9.17) is 5.73 Å². The molecule has 17 heavy (non-hydrogen) atoms. The molecule has 0 spiro atoms. The van der Waals surface area contributed by atoms with Crippen LogP contribution in [0, 0.1) is 17.6 Å². The van der Waals surface area contributed by atoms with Gasteiger partial charge in [0.25, 0.3) is 0 Å². The summed E-state index contributed by atoms with van der Waals surface area (Å²) in [6.07, 6.45) is 2.03. The number of hydrogen-bond acceptors (Lipinski definition) is 2. The van der Waals surface area contributed by atoms with Crippen LogP contribution < -0.4 is 5.73 Å². The first-order chi connectivity index (χ1) is 8.13. The van der Waals surface area contributed by atoms with Gasteiger partial charge in [0.1, 0.15) is 11.6 Å². The molecule has 0 saturated carbocycles. The van der Waals surface area contributed by atoms with E-state index < -0.39 is 5.82 Å². The fourth-order valence-electron chi connectivity index (χ4n) is 2.74. The molecule has 0 bridgehead atoms.